The molecule has 0 N–H and O–H groups in total. The van der Waals surface area contributed by atoms with Crippen molar-refractivity contribution in [2.75, 3.05) is 50.7 Å². The van der Waals surface area contributed by atoms with E-state index in [-0.39, 0.29) is 22.4 Å². The predicted octanol–water partition coefficient (Wildman–Crippen LogP) is 2.71. The lowest BCUT2D eigenvalue weighted by atomic mass is 10.3. The van der Waals surface area contributed by atoms with Crippen LogP contribution in [-0.2, 0) is 14.8 Å². The minimum Gasteiger partial charge on any atom is -0.495 e. The summed E-state index contributed by atoms with van der Waals surface area (Å²) in [4.78, 5) is 17.1. The number of ether oxygens (including phenoxy) is 1. The average Bonchev–Trinajstić information content (AvgIpc) is 2.77. The summed E-state index contributed by atoms with van der Waals surface area (Å²) in [6, 6.07) is 12.8. The molecule has 0 aromatic heterocycles. The number of methoxy groups -OCH3 is 1. The van der Waals surface area contributed by atoms with E-state index in [9.17, 15) is 13.2 Å². The highest BCUT2D eigenvalue weighted by molar-refractivity contribution is 7.92. The van der Waals surface area contributed by atoms with E-state index in [0.717, 1.165) is 23.9 Å². The summed E-state index contributed by atoms with van der Waals surface area (Å²) < 4.78 is 33.1. The first kappa shape index (κ1) is 22.4. The van der Waals surface area contributed by atoms with Crippen molar-refractivity contribution < 1.29 is 17.9 Å². The Kier molecular flexibility index (Phi) is 7.23. The highest BCUT2D eigenvalue weighted by Crippen LogP contribution is 2.32. The molecule has 1 fully saturated rings. The van der Waals surface area contributed by atoms with E-state index in [0.29, 0.717) is 24.5 Å². The van der Waals surface area contributed by atoms with E-state index in [1.807, 2.05) is 0 Å². The Morgan fingerprint density at radius 2 is 1.77 bits per heavy atom. The van der Waals surface area contributed by atoms with Gasteiger partial charge in [0.2, 0.25) is 5.91 Å². The van der Waals surface area contributed by atoms with Crippen LogP contribution in [0.15, 0.2) is 53.4 Å². The lowest BCUT2D eigenvalue weighted by molar-refractivity contribution is -0.131. The van der Waals surface area contributed by atoms with Crippen LogP contribution in [0, 0.1) is 0 Å². The second kappa shape index (κ2) is 9.68. The Morgan fingerprint density at radius 1 is 1.10 bits per heavy atom. The summed E-state index contributed by atoms with van der Waals surface area (Å²) >= 11 is 6.24. The van der Waals surface area contributed by atoms with Crippen molar-refractivity contribution in [3.05, 3.63) is 53.6 Å². The molecule has 30 heavy (non-hydrogen) atoms. The number of piperazine rings is 1. The molecule has 1 aliphatic heterocycles. The largest absolute Gasteiger partial charge is 0.495 e. The Labute approximate surface area is 182 Å². The first-order valence-corrected chi connectivity index (χ1v) is 11.6. The van der Waals surface area contributed by atoms with Gasteiger partial charge >= 0.3 is 0 Å². The Hall–Kier alpha value is -2.29. The van der Waals surface area contributed by atoms with Crippen LogP contribution in [0.5, 0.6) is 5.75 Å². The molecule has 2 aromatic carbocycles. The average molecular weight is 452 g/mol. The minimum atomic E-state index is -3.96. The molecule has 0 spiro atoms. The zero-order valence-electron chi connectivity index (χ0n) is 17.1. The topological polar surface area (TPSA) is 70.2 Å². The third-order valence-electron chi connectivity index (χ3n) is 5.21. The monoisotopic (exact) mass is 451 g/mol. The number of anilines is 1. The maximum Gasteiger partial charge on any atom is 0.264 e. The van der Waals surface area contributed by atoms with E-state index in [2.05, 4.69) is 11.8 Å². The molecule has 1 saturated heterocycles. The van der Waals surface area contributed by atoms with E-state index in [4.69, 9.17) is 16.3 Å². The van der Waals surface area contributed by atoms with Crippen molar-refractivity contribution in [2.24, 2.45) is 0 Å². The summed E-state index contributed by atoms with van der Waals surface area (Å²) in [5, 5.41) is 0.271. The number of sulfonamides is 1. The number of carbonyl (C=O) groups excluding carboxylic acids is 1. The van der Waals surface area contributed by atoms with Gasteiger partial charge in [0.05, 0.1) is 22.7 Å². The number of amides is 1. The van der Waals surface area contributed by atoms with Gasteiger partial charge in [-0.2, -0.15) is 0 Å². The van der Waals surface area contributed by atoms with Gasteiger partial charge in [0.25, 0.3) is 10.0 Å². The second-order valence-electron chi connectivity index (χ2n) is 6.96. The third kappa shape index (κ3) is 4.88. The fraction of sp³-hybridized carbons (Fsp3) is 0.381. The maximum absolute atomic E-state index is 13.4. The molecular formula is C21H26ClN3O4S. The van der Waals surface area contributed by atoms with Gasteiger partial charge in [0.15, 0.2) is 0 Å². The van der Waals surface area contributed by atoms with Crippen LogP contribution < -0.4 is 9.04 Å². The summed E-state index contributed by atoms with van der Waals surface area (Å²) in [6.45, 7) is 5.43. The second-order valence-corrected chi connectivity index (χ2v) is 9.23. The molecule has 7 nitrogen and oxygen atoms in total. The first-order chi connectivity index (χ1) is 14.4. The normalized spacial score (nSPS) is 15.1. The summed E-state index contributed by atoms with van der Waals surface area (Å²) in [5.74, 6) is 0.191. The van der Waals surface area contributed by atoms with Crippen LogP contribution in [0.3, 0.4) is 0 Å². The zero-order valence-corrected chi connectivity index (χ0v) is 18.7. The summed E-state index contributed by atoms with van der Waals surface area (Å²) in [5.41, 5.74) is 0.310. The molecule has 2 aromatic rings. The highest BCUT2D eigenvalue weighted by Gasteiger charge is 2.30. The van der Waals surface area contributed by atoms with Gasteiger partial charge < -0.3 is 14.5 Å². The number of hydrogen-bond acceptors (Lipinski definition) is 5. The van der Waals surface area contributed by atoms with Crippen molar-refractivity contribution >= 4 is 33.2 Å². The van der Waals surface area contributed by atoms with Crippen LogP contribution >= 0.6 is 11.6 Å². The SMILES string of the molecule is CCN1CCN(C(=O)CN(c2ccc(OC)c(Cl)c2)S(=O)(=O)c2ccccc2)CC1. The summed E-state index contributed by atoms with van der Waals surface area (Å²) in [7, 11) is -2.48. The Bertz CT molecular complexity index is 977. The number of rotatable bonds is 7. The smallest absolute Gasteiger partial charge is 0.264 e. The molecule has 0 unspecified atom stereocenters. The van der Waals surface area contributed by atoms with Gasteiger partial charge in [-0.1, -0.05) is 36.7 Å². The molecule has 0 bridgehead atoms. The Balaban J connectivity index is 1.92. The van der Waals surface area contributed by atoms with E-state index < -0.39 is 10.0 Å². The molecule has 1 aliphatic rings. The van der Waals surface area contributed by atoms with Crippen LogP contribution in [0.1, 0.15) is 6.92 Å². The van der Waals surface area contributed by atoms with Gasteiger partial charge in [-0.05, 0) is 36.9 Å². The standard InChI is InChI=1S/C21H26ClN3O4S/c1-3-23-11-13-24(14-12-23)21(26)16-25(17-9-10-20(29-2)19(22)15-17)30(27,28)18-7-5-4-6-8-18/h4-10,15H,3,11-14,16H2,1-2H3. The van der Waals surface area contributed by atoms with Crippen LogP contribution in [-0.4, -0.2) is 70.5 Å². The molecule has 1 amide bonds. The molecule has 0 saturated carbocycles. The Morgan fingerprint density at radius 3 is 2.33 bits per heavy atom. The van der Waals surface area contributed by atoms with Crippen molar-refractivity contribution in [3.8, 4) is 5.75 Å². The lowest BCUT2D eigenvalue weighted by Gasteiger charge is -2.35. The van der Waals surface area contributed by atoms with Crippen LogP contribution in [0.4, 0.5) is 5.69 Å². The zero-order chi connectivity index (χ0) is 21.7. The molecule has 3 rings (SSSR count). The van der Waals surface area contributed by atoms with Crippen molar-refractivity contribution in [2.45, 2.75) is 11.8 Å². The van der Waals surface area contributed by atoms with Crippen molar-refractivity contribution in [1.29, 1.82) is 0 Å². The fourth-order valence-corrected chi connectivity index (χ4v) is 5.06. The van der Waals surface area contributed by atoms with Gasteiger partial charge in [-0.25, -0.2) is 8.42 Å². The fourth-order valence-electron chi connectivity index (χ4n) is 3.38. The predicted molar refractivity (Wildman–Crippen MR) is 118 cm³/mol. The lowest BCUT2D eigenvalue weighted by Crippen LogP contribution is -2.51. The number of carbonyl (C=O) groups is 1. The highest BCUT2D eigenvalue weighted by atomic mass is 35.5. The number of likely N-dealkylation sites (N-methyl/N-ethyl adjacent to an activating group) is 1. The summed E-state index contributed by atoms with van der Waals surface area (Å²) in [6.07, 6.45) is 0. The number of hydrogen-bond donors (Lipinski definition) is 0. The van der Waals surface area contributed by atoms with Crippen molar-refractivity contribution in [3.63, 3.8) is 0 Å². The van der Waals surface area contributed by atoms with Crippen molar-refractivity contribution in [1.82, 2.24) is 9.80 Å². The van der Waals surface area contributed by atoms with Gasteiger partial charge in [-0.3, -0.25) is 9.10 Å². The van der Waals surface area contributed by atoms with E-state index in [1.54, 1.807) is 35.2 Å². The molecule has 9 heteroatoms. The number of benzene rings is 2. The molecular weight excluding hydrogens is 426 g/mol. The van der Waals surface area contributed by atoms with Crippen LogP contribution in [0.2, 0.25) is 5.02 Å². The van der Waals surface area contributed by atoms with Gasteiger partial charge in [0, 0.05) is 26.2 Å². The van der Waals surface area contributed by atoms with E-state index in [1.165, 1.54) is 25.3 Å². The number of halogens is 1. The van der Waals surface area contributed by atoms with Crippen LogP contribution in [0.25, 0.3) is 0 Å². The molecule has 0 radical (unpaired) electrons. The van der Waals surface area contributed by atoms with Gasteiger partial charge in [0.1, 0.15) is 12.3 Å². The van der Waals surface area contributed by atoms with Gasteiger partial charge in [-0.15, -0.1) is 0 Å². The maximum atomic E-state index is 13.4. The number of nitrogens with zero attached hydrogens (tertiary/aromatic N) is 3. The minimum absolute atomic E-state index is 0.112. The molecule has 0 aliphatic carbocycles. The molecule has 0 atom stereocenters. The van der Waals surface area contributed by atoms with E-state index >= 15 is 0 Å². The molecule has 162 valence electrons. The first-order valence-electron chi connectivity index (χ1n) is 9.78. The quantitative estimate of drug-likeness (QED) is 0.647. The third-order valence-corrected chi connectivity index (χ3v) is 7.29. The molecule has 1 heterocycles.